The molecule has 0 aliphatic carbocycles. The lowest BCUT2D eigenvalue weighted by molar-refractivity contribution is 0.170. The third kappa shape index (κ3) is 5.79. The number of aliphatic hydroxyl groups excluding tert-OH is 2. The van der Waals surface area contributed by atoms with Crippen LogP contribution in [0, 0.1) is 0 Å². The Hall–Kier alpha value is -1.11. The van der Waals surface area contributed by atoms with Gasteiger partial charge in [-0.3, -0.25) is 0 Å². The van der Waals surface area contributed by atoms with Crippen molar-refractivity contribution in [3.63, 3.8) is 0 Å². The Bertz CT molecular complexity index is 618. The molecule has 0 aromatic heterocycles. The quantitative estimate of drug-likeness (QED) is 0.637. The van der Waals surface area contributed by atoms with Gasteiger partial charge in [0.05, 0.1) is 19.3 Å². The van der Waals surface area contributed by atoms with E-state index in [9.17, 15) is 0 Å². The highest BCUT2D eigenvalue weighted by atomic mass is 79.9. The van der Waals surface area contributed by atoms with Crippen LogP contribution in [-0.4, -0.2) is 29.5 Å². The van der Waals surface area contributed by atoms with Crippen LogP contribution in [0.4, 0.5) is 0 Å². The number of nitrogens with one attached hydrogen (secondary N) is 1. The highest BCUT2D eigenvalue weighted by Gasteiger charge is 2.09. The molecule has 0 amide bonds. The van der Waals surface area contributed by atoms with E-state index < -0.39 is 0 Å². The fraction of sp³-hybridized carbons (Fsp3) is 0.294. The summed E-state index contributed by atoms with van der Waals surface area (Å²) in [5.41, 5.74) is 1.97. The van der Waals surface area contributed by atoms with Gasteiger partial charge >= 0.3 is 0 Å². The minimum absolute atomic E-state index is 0.120. The molecule has 0 saturated carbocycles. The fourth-order valence-corrected chi connectivity index (χ4v) is 2.54. The average molecular weight is 401 g/mol. The zero-order valence-corrected chi connectivity index (χ0v) is 14.8. The smallest absolute Gasteiger partial charge is 0.124 e. The second-order valence-corrected chi connectivity index (χ2v) is 6.46. The zero-order chi connectivity index (χ0) is 16.7. The fourth-order valence-electron chi connectivity index (χ4n) is 2.01. The molecule has 0 spiro atoms. The van der Waals surface area contributed by atoms with E-state index in [1.165, 1.54) is 0 Å². The molecule has 0 saturated heterocycles. The summed E-state index contributed by atoms with van der Waals surface area (Å²) in [6.45, 7) is 0.688. The maximum absolute atomic E-state index is 9.13. The Kier molecular flexibility index (Phi) is 7.33. The Morgan fingerprint density at radius 2 is 1.78 bits per heavy atom. The standard InChI is InChI=1S/C17H19BrClNO3/c18-14-3-6-17(13(7-14)8-20-16(9-21)10-22)23-11-12-1-4-15(19)5-2-12/h1-7,16,20-22H,8-11H2. The van der Waals surface area contributed by atoms with Gasteiger partial charge in [-0.05, 0) is 35.9 Å². The van der Waals surface area contributed by atoms with E-state index in [1.807, 2.05) is 42.5 Å². The highest BCUT2D eigenvalue weighted by Crippen LogP contribution is 2.24. The third-order valence-electron chi connectivity index (χ3n) is 3.35. The molecule has 0 aliphatic rings. The maximum atomic E-state index is 9.13. The van der Waals surface area contributed by atoms with Gasteiger partial charge in [0, 0.05) is 21.6 Å². The van der Waals surface area contributed by atoms with Crippen LogP contribution in [0.15, 0.2) is 46.9 Å². The predicted octanol–water partition coefficient (Wildman–Crippen LogP) is 3.12. The molecule has 2 aromatic carbocycles. The van der Waals surface area contributed by atoms with Crippen molar-refractivity contribution in [1.82, 2.24) is 5.32 Å². The molecule has 4 nitrogen and oxygen atoms in total. The molecule has 2 aromatic rings. The molecule has 0 aliphatic heterocycles. The Morgan fingerprint density at radius 3 is 2.43 bits per heavy atom. The molecule has 3 N–H and O–H groups in total. The lowest BCUT2D eigenvalue weighted by atomic mass is 10.2. The van der Waals surface area contributed by atoms with Crippen LogP contribution >= 0.6 is 27.5 Å². The zero-order valence-electron chi connectivity index (χ0n) is 12.5. The van der Waals surface area contributed by atoms with Gasteiger partial charge in [-0.15, -0.1) is 0 Å². The Labute approximate surface area is 149 Å². The van der Waals surface area contributed by atoms with E-state index in [0.29, 0.717) is 18.2 Å². The van der Waals surface area contributed by atoms with Gasteiger partial charge in [0.1, 0.15) is 12.4 Å². The summed E-state index contributed by atoms with van der Waals surface area (Å²) in [5, 5.41) is 22.0. The number of benzene rings is 2. The van der Waals surface area contributed by atoms with Crippen LogP contribution in [0.5, 0.6) is 5.75 Å². The summed E-state index contributed by atoms with van der Waals surface area (Å²) in [6, 6.07) is 12.9. The molecule has 0 unspecified atom stereocenters. The molecule has 0 atom stereocenters. The lowest BCUT2D eigenvalue weighted by Crippen LogP contribution is -2.35. The molecular formula is C17H19BrClNO3. The summed E-state index contributed by atoms with van der Waals surface area (Å²) in [7, 11) is 0. The van der Waals surface area contributed by atoms with Crippen molar-refractivity contribution >= 4 is 27.5 Å². The van der Waals surface area contributed by atoms with Crippen molar-refractivity contribution in [1.29, 1.82) is 0 Å². The van der Waals surface area contributed by atoms with Crippen LogP contribution < -0.4 is 10.1 Å². The van der Waals surface area contributed by atoms with Gasteiger partial charge in [-0.1, -0.05) is 39.7 Å². The number of ether oxygens (including phenoxy) is 1. The Balaban J connectivity index is 2.04. The highest BCUT2D eigenvalue weighted by molar-refractivity contribution is 9.10. The molecule has 0 heterocycles. The monoisotopic (exact) mass is 399 g/mol. The van der Waals surface area contributed by atoms with Crippen LogP contribution in [0.3, 0.4) is 0 Å². The third-order valence-corrected chi connectivity index (χ3v) is 4.10. The van der Waals surface area contributed by atoms with E-state index >= 15 is 0 Å². The van der Waals surface area contributed by atoms with E-state index in [0.717, 1.165) is 21.3 Å². The van der Waals surface area contributed by atoms with Gasteiger partial charge in [0.2, 0.25) is 0 Å². The van der Waals surface area contributed by atoms with Crippen molar-refractivity contribution in [3.8, 4) is 5.75 Å². The number of hydrogen-bond acceptors (Lipinski definition) is 4. The van der Waals surface area contributed by atoms with Crippen LogP contribution in [0.2, 0.25) is 5.02 Å². The minimum atomic E-state index is -0.349. The second-order valence-electron chi connectivity index (χ2n) is 5.11. The van der Waals surface area contributed by atoms with Crippen molar-refractivity contribution in [3.05, 3.63) is 63.1 Å². The van der Waals surface area contributed by atoms with Gasteiger partial charge in [-0.25, -0.2) is 0 Å². The van der Waals surface area contributed by atoms with Crippen LogP contribution in [-0.2, 0) is 13.2 Å². The molecule has 23 heavy (non-hydrogen) atoms. The molecule has 6 heteroatoms. The molecular weight excluding hydrogens is 382 g/mol. The number of hydrogen-bond donors (Lipinski definition) is 3. The van der Waals surface area contributed by atoms with E-state index in [4.69, 9.17) is 26.6 Å². The first-order valence-electron chi connectivity index (χ1n) is 7.23. The number of aliphatic hydroxyl groups is 2. The van der Waals surface area contributed by atoms with Crippen molar-refractivity contribution in [2.45, 2.75) is 19.2 Å². The van der Waals surface area contributed by atoms with Crippen molar-refractivity contribution in [2.24, 2.45) is 0 Å². The lowest BCUT2D eigenvalue weighted by Gasteiger charge is -2.16. The van der Waals surface area contributed by atoms with Gasteiger partial charge in [0.25, 0.3) is 0 Å². The summed E-state index contributed by atoms with van der Waals surface area (Å²) in [5.74, 6) is 0.755. The van der Waals surface area contributed by atoms with Crippen molar-refractivity contribution in [2.75, 3.05) is 13.2 Å². The van der Waals surface area contributed by atoms with E-state index in [-0.39, 0.29) is 19.3 Å². The first kappa shape index (κ1) is 18.2. The predicted molar refractivity (Wildman–Crippen MR) is 94.7 cm³/mol. The van der Waals surface area contributed by atoms with Gasteiger partial charge in [-0.2, -0.15) is 0 Å². The molecule has 2 rings (SSSR count). The van der Waals surface area contributed by atoms with Crippen molar-refractivity contribution < 1.29 is 14.9 Å². The largest absolute Gasteiger partial charge is 0.489 e. The van der Waals surface area contributed by atoms with Gasteiger partial charge in [0.15, 0.2) is 0 Å². The summed E-state index contributed by atoms with van der Waals surface area (Å²) >= 11 is 9.32. The van der Waals surface area contributed by atoms with Crippen LogP contribution in [0.1, 0.15) is 11.1 Å². The molecule has 0 fully saturated rings. The minimum Gasteiger partial charge on any atom is -0.489 e. The van der Waals surface area contributed by atoms with Crippen LogP contribution in [0.25, 0.3) is 0 Å². The number of halogens is 2. The molecule has 0 bridgehead atoms. The average Bonchev–Trinajstić information content (AvgIpc) is 2.56. The summed E-state index contributed by atoms with van der Waals surface area (Å²) in [4.78, 5) is 0. The van der Waals surface area contributed by atoms with E-state index in [2.05, 4.69) is 21.2 Å². The summed E-state index contributed by atoms with van der Waals surface area (Å²) in [6.07, 6.45) is 0. The molecule has 0 radical (unpaired) electrons. The SMILES string of the molecule is OCC(CO)NCc1cc(Br)ccc1OCc1ccc(Cl)cc1. The first-order valence-corrected chi connectivity index (χ1v) is 8.40. The second kappa shape index (κ2) is 9.25. The summed E-state index contributed by atoms with van der Waals surface area (Å²) < 4.78 is 6.83. The molecule has 124 valence electrons. The Morgan fingerprint density at radius 1 is 1.09 bits per heavy atom. The van der Waals surface area contributed by atoms with E-state index in [1.54, 1.807) is 0 Å². The number of rotatable bonds is 8. The maximum Gasteiger partial charge on any atom is 0.124 e. The first-order chi connectivity index (χ1) is 11.1. The topological polar surface area (TPSA) is 61.7 Å². The van der Waals surface area contributed by atoms with Gasteiger partial charge < -0.3 is 20.3 Å². The normalized spacial score (nSPS) is 11.0.